The third kappa shape index (κ3) is 3.69. The topological polar surface area (TPSA) is 38.0 Å². The Hall–Kier alpha value is -1.69. The number of thiophene rings is 1. The van der Waals surface area contributed by atoms with Crippen LogP contribution in [0.3, 0.4) is 0 Å². The molecule has 1 aromatic heterocycles. The minimum absolute atomic E-state index is 0.0327. The van der Waals surface area contributed by atoms with Gasteiger partial charge in [-0.05, 0) is 35.6 Å². The van der Waals surface area contributed by atoms with Gasteiger partial charge in [0.25, 0.3) is 0 Å². The summed E-state index contributed by atoms with van der Waals surface area (Å²) in [6.07, 6.45) is -4.45. The van der Waals surface area contributed by atoms with Crippen molar-refractivity contribution < 1.29 is 13.2 Å². The molecule has 21 heavy (non-hydrogen) atoms. The molecule has 6 heteroatoms. The SMILES string of the molecule is CC(C)C(Nc1ccc(N)c(C(F)(F)F)c1)c1cccs1. The monoisotopic (exact) mass is 314 g/mol. The van der Waals surface area contributed by atoms with Gasteiger partial charge >= 0.3 is 6.18 Å². The van der Waals surface area contributed by atoms with E-state index in [0.717, 1.165) is 10.9 Å². The van der Waals surface area contributed by atoms with Crippen molar-refractivity contribution in [2.24, 2.45) is 5.92 Å². The van der Waals surface area contributed by atoms with Crippen LogP contribution in [0, 0.1) is 5.92 Å². The Morgan fingerprint density at radius 2 is 1.90 bits per heavy atom. The van der Waals surface area contributed by atoms with E-state index in [0.29, 0.717) is 5.69 Å². The Morgan fingerprint density at radius 3 is 2.43 bits per heavy atom. The summed E-state index contributed by atoms with van der Waals surface area (Å²) >= 11 is 1.58. The predicted molar refractivity (Wildman–Crippen MR) is 81.4 cm³/mol. The van der Waals surface area contributed by atoms with Gasteiger partial charge < -0.3 is 11.1 Å². The minimum Gasteiger partial charge on any atom is -0.398 e. The van der Waals surface area contributed by atoms with Gasteiger partial charge in [-0.3, -0.25) is 0 Å². The number of hydrogen-bond acceptors (Lipinski definition) is 3. The number of alkyl halides is 3. The Morgan fingerprint density at radius 1 is 1.19 bits per heavy atom. The second-order valence-electron chi connectivity index (χ2n) is 5.18. The van der Waals surface area contributed by atoms with Crippen molar-refractivity contribution in [2.75, 3.05) is 11.1 Å². The number of nitrogens with two attached hydrogens (primary N) is 1. The van der Waals surface area contributed by atoms with Gasteiger partial charge in [0.1, 0.15) is 0 Å². The molecule has 3 N–H and O–H groups in total. The van der Waals surface area contributed by atoms with Crippen LogP contribution >= 0.6 is 11.3 Å². The molecule has 0 bridgehead atoms. The van der Waals surface area contributed by atoms with Gasteiger partial charge in [0.05, 0.1) is 11.6 Å². The zero-order valence-electron chi connectivity index (χ0n) is 11.7. The normalized spacial score (nSPS) is 13.4. The lowest BCUT2D eigenvalue weighted by Crippen LogP contribution is -2.16. The smallest absolute Gasteiger partial charge is 0.398 e. The van der Waals surface area contributed by atoms with Crippen molar-refractivity contribution >= 4 is 22.7 Å². The van der Waals surface area contributed by atoms with E-state index in [2.05, 4.69) is 5.32 Å². The predicted octanol–water partition coefficient (Wildman–Crippen LogP) is 5.16. The molecule has 2 aromatic rings. The van der Waals surface area contributed by atoms with Crippen molar-refractivity contribution in [3.05, 3.63) is 46.2 Å². The summed E-state index contributed by atoms with van der Waals surface area (Å²) in [6.45, 7) is 4.05. The van der Waals surface area contributed by atoms with E-state index in [1.54, 1.807) is 17.4 Å². The molecular formula is C15H17F3N2S. The molecule has 0 aliphatic carbocycles. The number of hydrogen-bond donors (Lipinski definition) is 2. The summed E-state index contributed by atoms with van der Waals surface area (Å²) in [4.78, 5) is 1.09. The van der Waals surface area contributed by atoms with Crippen molar-refractivity contribution in [1.29, 1.82) is 0 Å². The molecule has 0 fully saturated rings. The first-order valence-electron chi connectivity index (χ1n) is 6.55. The number of anilines is 2. The second-order valence-corrected chi connectivity index (χ2v) is 6.16. The van der Waals surface area contributed by atoms with Gasteiger partial charge in [-0.15, -0.1) is 11.3 Å². The van der Waals surface area contributed by atoms with Crippen LogP contribution in [0.1, 0.15) is 30.3 Å². The van der Waals surface area contributed by atoms with E-state index in [9.17, 15) is 13.2 Å². The van der Waals surface area contributed by atoms with Crippen molar-refractivity contribution in [3.8, 4) is 0 Å². The summed E-state index contributed by atoms with van der Waals surface area (Å²) in [6, 6.07) is 7.81. The fourth-order valence-electron chi connectivity index (χ4n) is 2.11. The zero-order chi connectivity index (χ0) is 15.6. The lowest BCUT2D eigenvalue weighted by atomic mass is 10.0. The van der Waals surface area contributed by atoms with Crippen LogP contribution in [0.15, 0.2) is 35.7 Å². The van der Waals surface area contributed by atoms with Gasteiger partial charge in [-0.25, -0.2) is 0 Å². The van der Waals surface area contributed by atoms with Gasteiger partial charge in [0, 0.05) is 16.3 Å². The fraction of sp³-hybridized carbons (Fsp3) is 0.333. The average molecular weight is 314 g/mol. The molecular weight excluding hydrogens is 297 g/mol. The molecule has 0 amide bonds. The first kappa shape index (κ1) is 15.7. The van der Waals surface area contributed by atoms with E-state index >= 15 is 0 Å². The van der Waals surface area contributed by atoms with Crippen LogP contribution in [0.4, 0.5) is 24.5 Å². The van der Waals surface area contributed by atoms with Crippen LogP contribution in [0.25, 0.3) is 0 Å². The molecule has 1 atom stereocenters. The highest BCUT2D eigenvalue weighted by Gasteiger charge is 2.33. The highest BCUT2D eigenvalue weighted by atomic mass is 32.1. The third-order valence-electron chi connectivity index (χ3n) is 3.20. The first-order valence-corrected chi connectivity index (χ1v) is 7.43. The number of nitrogen functional groups attached to an aromatic ring is 1. The molecule has 2 nitrogen and oxygen atoms in total. The summed E-state index contributed by atoms with van der Waals surface area (Å²) in [5, 5.41) is 5.13. The molecule has 1 unspecified atom stereocenters. The van der Waals surface area contributed by atoms with Crippen molar-refractivity contribution in [3.63, 3.8) is 0 Å². The van der Waals surface area contributed by atoms with Gasteiger partial charge in [-0.2, -0.15) is 13.2 Å². The maximum absolute atomic E-state index is 12.9. The minimum atomic E-state index is -4.45. The van der Waals surface area contributed by atoms with Crippen LogP contribution in [-0.4, -0.2) is 0 Å². The van der Waals surface area contributed by atoms with E-state index in [4.69, 9.17) is 5.73 Å². The molecule has 0 radical (unpaired) electrons. The lowest BCUT2D eigenvalue weighted by Gasteiger charge is -2.23. The van der Waals surface area contributed by atoms with E-state index in [-0.39, 0.29) is 17.6 Å². The van der Waals surface area contributed by atoms with E-state index < -0.39 is 11.7 Å². The Bertz CT molecular complexity index is 591. The lowest BCUT2D eigenvalue weighted by molar-refractivity contribution is -0.136. The molecule has 1 heterocycles. The maximum atomic E-state index is 12.9. The standard InChI is InChI=1S/C15H17F3N2S/c1-9(2)14(13-4-3-7-21-13)20-10-5-6-12(19)11(8-10)15(16,17)18/h3-9,14,20H,19H2,1-2H3. The highest BCUT2D eigenvalue weighted by molar-refractivity contribution is 7.10. The van der Waals surface area contributed by atoms with Crippen LogP contribution in [-0.2, 0) is 6.18 Å². The number of rotatable bonds is 4. The van der Waals surface area contributed by atoms with E-state index in [1.807, 2.05) is 31.4 Å². The van der Waals surface area contributed by atoms with Crippen LogP contribution < -0.4 is 11.1 Å². The summed E-state index contributed by atoms with van der Waals surface area (Å²) in [5.74, 6) is 0.246. The van der Waals surface area contributed by atoms with Crippen LogP contribution in [0.2, 0.25) is 0 Å². The summed E-state index contributed by atoms with van der Waals surface area (Å²) in [5.41, 5.74) is 4.77. The quantitative estimate of drug-likeness (QED) is 0.765. The second kappa shape index (κ2) is 5.97. The number of halogens is 3. The summed E-state index contributed by atoms with van der Waals surface area (Å²) < 4.78 is 38.7. The summed E-state index contributed by atoms with van der Waals surface area (Å²) in [7, 11) is 0. The van der Waals surface area contributed by atoms with Gasteiger partial charge in [0.2, 0.25) is 0 Å². The molecule has 0 saturated heterocycles. The van der Waals surface area contributed by atoms with Gasteiger partial charge in [0.15, 0.2) is 0 Å². The highest BCUT2D eigenvalue weighted by Crippen LogP contribution is 2.37. The number of nitrogens with one attached hydrogen (secondary N) is 1. The molecule has 0 aliphatic rings. The fourth-order valence-corrected chi connectivity index (χ4v) is 3.05. The van der Waals surface area contributed by atoms with Gasteiger partial charge in [-0.1, -0.05) is 19.9 Å². The molecule has 1 aromatic carbocycles. The molecule has 2 rings (SSSR count). The van der Waals surface area contributed by atoms with Crippen molar-refractivity contribution in [1.82, 2.24) is 0 Å². The Balaban J connectivity index is 2.30. The Kier molecular flexibility index (Phi) is 4.46. The molecule has 114 valence electrons. The van der Waals surface area contributed by atoms with E-state index in [1.165, 1.54) is 6.07 Å². The zero-order valence-corrected chi connectivity index (χ0v) is 12.6. The molecule has 0 aliphatic heterocycles. The van der Waals surface area contributed by atoms with Crippen LogP contribution in [0.5, 0.6) is 0 Å². The molecule has 0 saturated carbocycles. The third-order valence-corrected chi connectivity index (χ3v) is 4.15. The van der Waals surface area contributed by atoms with Crippen molar-refractivity contribution in [2.45, 2.75) is 26.1 Å². The average Bonchev–Trinajstić information content (AvgIpc) is 2.89. The Labute approximate surface area is 125 Å². The number of benzene rings is 1. The largest absolute Gasteiger partial charge is 0.418 e. The molecule has 0 spiro atoms. The maximum Gasteiger partial charge on any atom is 0.418 e. The first-order chi connectivity index (χ1) is 9.79.